The summed E-state index contributed by atoms with van der Waals surface area (Å²) in [6.45, 7) is 19.6. The summed E-state index contributed by atoms with van der Waals surface area (Å²) in [5, 5.41) is 10.6. The van der Waals surface area contributed by atoms with Crippen LogP contribution in [-0.2, 0) is 4.43 Å². The highest BCUT2D eigenvalue weighted by Crippen LogP contribution is 2.68. The second-order valence-electron chi connectivity index (χ2n) is 13.9. The van der Waals surface area contributed by atoms with Crippen LogP contribution in [-0.4, -0.2) is 25.6 Å². The highest BCUT2D eigenvalue weighted by atomic mass is 28.4. The number of aliphatic hydroxyl groups is 1. The molecule has 0 saturated heterocycles. The molecule has 0 amide bonds. The maximum Gasteiger partial charge on any atom is 0.192 e. The molecule has 3 unspecified atom stereocenters. The molecule has 30 heavy (non-hydrogen) atoms. The molecule has 0 aromatic heterocycles. The van der Waals surface area contributed by atoms with Gasteiger partial charge in [-0.3, -0.25) is 0 Å². The molecule has 0 heterocycles. The van der Waals surface area contributed by atoms with Gasteiger partial charge in [-0.1, -0.05) is 34.6 Å². The van der Waals surface area contributed by atoms with Crippen LogP contribution in [0.2, 0.25) is 18.1 Å². The van der Waals surface area contributed by atoms with E-state index >= 15 is 0 Å². The van der Waals surface area contributed by atoms with Gasteiger partial charge in [-0.05, 0) is 123 Å². The zero-order valence-corrected chi connectivity index (χ0v) is 22.3. The van der Waals surface area contributed by atoms with Crippen molar-refractivity contribution in [3.8, 4) is 0 Å². The Morgan fingerprint density at radius 1 is 0.900 bits per heavy atom. The molecule has 0 radical (unpaired) electrons. The standard InChI is InChI=1S/C27H50O2Si/c1-18(29-30(7,8)25(2,3)4)22-11-12-23-21-10-9-19-17-20(28)13-15-26(19,5)24(21)14-16-27(22,23)6/h18-24,28H,9-17H2,1-8H3/t18-,19-,20-,21?,22-,23?,24?,26+,27-/m0/s1. The van der Waals surface area contributed by atoms with E-state index in [1.165, 1.54) is 44.9 Å². The van der Waals surface area contributed by atoms with Gasteiger partial charge in [-0.2, -0.15) is 0 Å². The van der Waals surface area contributed by atoms with Crippen molar-refractivity contribution in [3.05, 3.63) is 0 Å². The van der Waals surface area contributed by atoms with Crippen LogP contribution in [0.25, 0.3) is 0 Å². The van der Waals surface area contributed by atoms with Crippen LogP contribution in [0.5, 0.6) is 0 Å². The third-order valence-corrected chi connectivity index (χ3v) is 16.1. The second kappa shape index (κ2) is 7.59. The lowest BCUT2D eigenvalue weighted by Crippen LogP contribution is -2.55. The van der Waals surface area contributed by atoms with E-state index in [9.17, 15) is 5.11 Å². The molecule has 0 aliphatic heterocycles. The first-order valence-electron chi connectivity index (χ1n) is 13.2. The minimum absolute atomic E-state index is 0.0299. The summed E-state index contributed by atoms with van der Waals surface area (Å²) in [5.41, 5.74) is 0.963. The lowest BCUT2D eigenvalue weighted by molar-refractivity contribution is -0.131. The maximum absolute atomic E-state index is 10.3. The van der Waals surface area contributed by atoms with Gasteiger partial charge in [0.15, 0.2) is 8.32 Å². The summed E-state index contributed by atoms with van der Waals surface area (Å²) in [6, 6.07) is 0. The van der Waals surface area contributed by atoms with Gasteiger partial charge in [0.25, 0.3) is 0 Å². The quantitative estimate of drug-likeness (QED) is 0.468. The van der Waals surface area contributed by atoms with Crippen molar-refractivity contribution >= 4 is 8.32 Å². The zero-order valence-electron chi connectivity index (χ0n) is 21.3. The van der Waals surface area contributed by atoms with Crippen LogP contribution in [0.3, 0.4) is 0 Å². The number of hydrogen-bond acceptors (Lipinski definition) is 2. The summed E-state index contributed by atoms with van der Waals surface area (Å²) in [7, 11) is -1.73. The Labute approximate surface area is 188 Å². The average Bonchev–Trinajstić information content (AvgIpc) is 2.98. The Morgan fingerprint density at radius 3 is 2.20 bits per heavy atom. The van der Waals surface area contributed by atoms with E-state index in [1.807, 2.05) is 0 Å². The zero-order chi connectivity index (χ0) is 22.1. The molecule has 4 aliphatic carbocycles. The molecular formula is C27H50O2Si. The molecular weight excluding hydrogens is 384 g/mol. The van der Waals surface area contributed by atoms with E-state index < -0.39 is 8.32 Å². The Kier molecular flexibility index (Phi) is 5.89. The van der Waals surface area contributed by atoms with Gasteiger partial charge < -0.3 is 9.53 Å². The van der Waals surface area contributed by atoms with Gasteiger partial charge in [0.1, 0.15) is 0 Å². The van der Waals surface area contributed by atoms with Crippen molar-refractivity contribution < 1.29 is 9.53 Å². The average molecular weight is 435 g/mol. The van der Waals surface area contributed by atoms with E-state index in [-0.39, 0.29) is 11.1 Å². The number of fused-ring (bicyclic) bond motifs is 5. The summed E-state index contributed by atoms with van der Waals surface area (Å²) in [5.74, 6) is 4.22. The monoisotopic (exact) mass is 434 g/mol. The van der Waals surface area contributed by atoms with Crippen molar-refractivity contribution in [2.45, 2.75) is 130 Å². The first-order chi connectivity index (χ1) is 13.8. The fraction of sp³-hybridized carbons (Fsp3) is 1.00. The molecule has 4 fully saturated rings. The molecule has 0 aromatic rings. The third kappa shape index (κ3) is 3.57. The highest BCUT2D eigenvalue weighted by molar-refractivity contribution is 6.74. The van der Waals surface area contributed by atoms with E-state index in [4.69, 9.17) is 4.43 Å². The fourth-order valence-corrected chi connectivity index (χ4v) is 10.2. The molecule has 4 saturated carbocycles. The van der Waals surface area contributed by atoms with Crippen LogP contribution < -0.4 is 0 Å². The molecule has 174 valence electrons. The first-order valence-corrected chi connectivity index (χ1v) is 16.1. The molecule has 2 nitrogen and oxygen atoms in total. The molecule has 1 N–H and O–H groups in total. The first kappa shape index (κ1) is 23.3. The highest BCUT2D eigenvalue weighted by Gasteiger charge is 2.61. The number of aliphatic hydroxyl groups excluding tert-OH is 1. The van der Waals surface area contributed by atoms with Crippen molar-refractivity contribution in [1.29, 1.82) is 0 Å². The minimum Gasteiger partial charge on any atom is -0.414 e. The molecule has 4 rings (SSSR count). The van der Waals surface area contributed by atoms with Gasteiger partial charge in [-0.15, -0.1) is 0 Å². The van der Waals surface area contributed by atoms with Crippen molar-refractivity contribution in [2.24, 2.45) is 40.4 Å². The summed E-state index contributed by atoms with van der Waals surface area (Å²) in [6.07, 6.45) is 12.1. The Hall–Kier alpha value is 0.137. The molecule has 0 bridgehead atoms. The van der Waals surface area contributed by atoms with Crippen molar-refractivity contribution in [1.82, 2.24) is 0 Å². The maximum atomic E-state index is 10.3. The van der Waals surface area contributed by atoms with Gasteiger partial charge in [-0.25, -0.2) is 0 Å². The van der Waals surface area contributed by atoms with Crippen LogP contribution in [0.1, 0.15) is 99.3 Å². The third-order valence-electron chi connectivity index (χ3n) is 11.6. The number of hydrogen-bond donors (Lipinski definition) is 1. The van der Waals surface area contributed by atoms with Crippen molar-refractivity contribution in [2.75, 3.05) is 0 Å². The van der Waals surface area contributed by atoms with E-state index in [1.54, 1.807) is 0 Å². The van der Waals surface area contributed by atoms with Crippen LogP contribution in [0, 0.1) is 40.4 Å². The van der Waals surface area contributed by atoms with Crippen LogP contribution >= 0.6 is 0 Å². The van der Waals surface area contributed by atoms with Gasteiger partial charge in [0.05, 0.1) is 6.10 Å². The Balaban J connectivity index is 1.52. The fourth-order valence-electron chi connectivity index (χ4n) is 8.77. The van der Waals surface area contributed by atoms with Gasteiger partial charge in [0.2, 0.25) is 0 Å². The molecule has 0 spiro atoms. The second-order valence-corrected chi connectivity index (χ2v) is 18.7. The topological polar surface area (TPSA) is 29.5 Å². The van der Waals surface area contributed by atoms with E-state index in [0.29, 0.717) is 16.9 Å². The molecule has 9 atom stereocenters. The van der Waals surface area contributed by atoms with E-state index in [0.717, 1.165) is 42.4 Å². The SMILES string of the molecule is C[C@H](O[Si](C)(C)C(C)(C)C)[C@@H]1CCC2C3CC[C@H]4C[C@@H](O)CC[C@@]4(C)C3CC[C@]21C. The van der Waals surface area contributed by atoms with Crippen LogP contribution in [0.15, 0.2) is 0 Å². The predicted molar refractivity (Wildman–Crippen MR) is 129 cm³/mol. The summed E-state index contributed by atoms with van der Waals surface area (Å²) >= 11 is 0. The number of rotatable bonds is 3. The summed E-state index contributed by atoms with van der Waals surface area (Å²) in [4.78, 5) is 0. The lowest BCUT2D eigenvalue weighted by Gasteiger charge is -2.61. The molecule has 0 aromatic carbocycles. The largest absolute Gasteiger partial charge is 0.414 e. The van der Waals surface area contributed by atoms with E-state index in [2.05, 4.69) is 54.6 Å². The predicted octanol–water partition coefficient (Wildman–Crippen LogP) is 7.42. The smallest absolute Gasteiger partial charge is 0.192 e. The summed E-state index contributed by atoms with van der Waals surface area (Å²) < 4.78 is 6.97. The Bertz CT molecular complexity index is 639. The molecule has 3 heteroatoms. The molecule has 4 aliphatic rings. The van der Waals surface area contributed by atoms with Crippen molar-refractivity contribution in [3.63, 3.8) is 0 Å². The lowest BCUT2D eigenvalue weighted by atomic mass is 9.44. The van der Waals surface area contributed by atoms with Crippen LogP contribution in [0.4, 0.5) is 0 Å². The Morgan fingerprint density at radius 2 is 1.53 bits per heavy atom. The normalized spacial score (nSPS) is 47.9. The van der Waals surface area contributed by atoms with Gasteiger partial charge in [0, 0.05) is 6.10 Å². The van der Waals surface area contributed by atoms with Gasteiger partial charge >= 0.3 is 0 Å². The minimum atomic E-state index is -1.73.